The summed E-state index contributed by atoms with van der Waals surface area (Å²) in [7, 11) is 0. The summed E-state index contributed by atoms with van der Waals surface area (Å²) in [5, 5.41) is 0. The fourth-order valence-corrected chi connectivity index (χ4v) is 1.47. The molecule has 0 spiro atoms. The molecule has 0 saturated heterocycles. The quantitative estimate of drug-likeness (QED) is 0.443. The van der Waals surface area contributed by atoms with E-state index in [1.165, 1.54) is 6.08 Å². The van der Waals surface area contributed by atoms with E-state index in [0.29, 0.717) is 5.56 Å². The van der Waals surface area contributed by atoms with Gasteiger partial charge in [-0.2, -0.15) is 0 Å². The zero-order chi connectivity index (χ0) is 12.7. The summed E-state index contributed by atoms with van der Waals surface area (Å²) < 4.78 is 0.955. The Hall–Kier alpha value is -1.67. The Kier molecular flexibility index (Phi) is 5.37. The van der Waals surface area contributed by atoms with Crippen LogP contribution in [0.1, 0.15) is 10.4 Å². The number of halogens is 1. The van der Waals surface area contributed by atoms with Gasteiger partial charge in [-0.3, -0.25) is 4.79 Å². The van der Waals surface area contributed by atoms with Crippen molar-refractivity contribution in [1.82, 2.24) is 0 Å². The first-order chi connectivity index (χ1) is 8.17. The summed E-state index contributed by atoms with van der Waals surface area (Å²) in [4.78, 5) is 11.8. The van der Waals surface area contributed by atoms with E-state index in [1.54, 1.807) is 36.4 Å². The van der Waals surface area contributed by atoms with Crippen molar-refractivity contribution in [3.63, 3.8) is 0 Å². The summed E-state index contributed by atoms with van der Waals surface area (Å²) >= 11 is 3.33. The van der Waals surface area contributed by atoms with Crippen LogP contribution in [-0.2, 0) is 0 Å². The van der Waals surface area contributed by atoms with Gasteiger partial charge in [0.1, 0.15) is 0 Å². The smallest absolute Gasteiger partial charge is 0.185 e. The number of hydrogen-bond acceptors (Lipinski definition) is 1. The zero-order valence-corrected chi connectivity index (χ0v) is 11.0. The Morgan fingerprint density at radius 1 is 1.12 bits per heavy atom. The molecule has 0 aliphatic heterocycles. The van der Waals surface area contributed by atoms with E-state index in [9.17, 15) is 4.79 Å². The zero-order valence-electron chi connectivity index (χ0n) is 9.40. The monoisotopic (exact) mass is 288 g/mol. The Morgan fingerprint density at radius 3 is 2.29 bits per heavy atom. The van der Waals surface area contributed by atoms with Crippen LogP contribution in [-0.4, -0.2) is 5.78 Å². The Balaban J connectivity index is 2.82. The van der Waals surface area contributed by atoms with Crippen LogP contribution in [0.25, 0.3) is 0 Å². The summed E-state index contributed by atoms with van der Waals surface area (Å²) in [6, 6.07) is 7.24. The third-order valence-corrected chi connectivity index (χ3v) is 2.63. The van der Waals surface area contributed by atoms with E-state index < -0.39 is 0 Å². The van der Waals surface area contributed by atoms with Gasteiger partial charge in [-0.1, -0.05) is 53.4 Å². The van der Waals surface area contributed by atoms with Gasteiger partial charge in [0, 0.05) is 10.0 Å². The van der Waals surface area contributed by atoms with E-state index in [-0.39, 0.29) is 5.78 Å². The minimum atomic E-state index is -0.0330. The predicted molar refractivity (Wildman–Crippen MR) is 76.1 cm³/mol. The minimum absolute atomic E-state index is 0.0330. The van der Waals surface area contributed by atoms with Crippen molar-refractivity contribution in [2.75, 3.05) is 0 Å². The Bertz CT molecular complexity index is 478. The molecule has 86 valence electrons. The van der Waals surface area contributed by atoms with Crippen molar-refractivity contribution in [2.45, 2.75) is 0 Å². The van der Waals surface area contributed by atoms with Crippen LogP contribution in [0.3, 0.4) is 0 Å². The normalized spacial score (nSPS) is 11.5. The van der Waals surface area contributed by atoms with E-state index in [0.717, 1.165) is 10.0 Å². The Morgan fingerprint density at radius 2 is 1.76 bits per heavy atom. The van der Waals surface area contributed by atoms with Crippen molar-refractivity contribution in [2.24, 2.45) is 0 Å². The number of carbonyl (C=O) groups is 1. The summed E-state index contributed by atoms with van der Waals surface area (Å²) in [5.74, 6) is -0.0330. The molecule has 0 amide bonds. The molecule has 0 aliphatic carbocycles. The van der Waals surface area contributed by atoms with Crippen molar-refractivity contribution < 1.29 is 4.79 Å². The second-order valence-corrected chi connectivity index (χ2v) is 4.23. The lowest BCUT2D eigenvalue weighted by atomic mass is 10.1. The van der Waals surface area contributed by atoms with E-state index in [1.807, 2.05) is 12.1 Å². The fourth-order valence-electron chi connectivity index (χ4n) is 1.21. The molecule has 1 aromatic rings. The number of carbonyl (C=O) groups excluding carboxylic acids is 1. The topological polar surface area (TPSA) is 17.1 Å². The van der Waals surface area contributed by atoms with Crippen molar-refractivity contribution in [3.05, 3.63) is 83.4 Å². The molecule has 0 bridgehead atoms. The van der Waals surface area contributed by atoms with Crippen LogP contribution in [0, 0.1) is 0 Å². The second-order valence-electron chi connectivity index (χ2n) is 3.31. The number of rotatable bonds is 5. The molecule has 0 saturated carbocycles. The third kappa shape index (κ3) is 4.37. The van der Waals surface area contributed by atoms with Gasteiger partial charge in [-0.15, -0.1) is 0 Å². The standard InChI is InChI=1S/C15H13BrO/c1-3-5-12(4-2)6-11-15(17)13-7-9-14(16)10-8-13/h3-11H,1-2H2/b11-6+,12-5+. The Labute approximate surface area is 110 Å². The van der Waals surface area contributed by atoms with Gasteiger partial charge in [0.05, 0.1) is 0 Å². The van der Waals surface area contributed by atoms with Crippen LogP contribution >= 0.6 is 15.9 Å². The van der Waals surface area contributed by atoms with E-state index >= 15 is 0 Å². The van der Waals surface area contributed by atoms with Crippen LogP contribution < -0.4 is 0 Å². The lowest BCUT2D eigenvalue weighted by molar-refractivity contribution is 0.104. The molecule has 1 rings (SSSR count). The fraction of sp³-hybridized carbons (Fsp3) is 0. The predicted octanol–water partition coefficient (Wildman–Crippen LogP) is 4.49. The highest BCUT2D eigenvalue weighted by molar-refractivity contribution is 9.10. The van der Waals surface area contributed by atoms with E-state index in [2.05, 4.69) is 29.1 Å². The average Bonchev–Trinajstić information content (AvgIpc) is 2.35. The molecular weight excluding hydrogens is 276 g/mol. The lowest BCUT2D eigenvalue weighted by Gasteiger charge is -1.96. The molecule has 0 fully saturated rings. The van der Waals surface area contributed by atoms with Crippen molar-refractivity contribution in [3.8, 4) is 0 Å². The molecule has 0 atom stereocenters. The first kappa shape index (κ1) is 13.4. The first-order valence-electron chi connectivity index (χ1n) is 5.10. The highest BCUT2D eigenvalue weighted by Crippen LogP contribution is 2.11. The third-order valence-electron chi connectivity index (χ3n) is 2.10. The minimum Gasteiger partial charge on any atom is -0.289 e. The largest absolute Gasteiger partial charge is 0.289 e. The molecule has 0 radical (unpaired) electrons. The van der Waals surface area contributed by atoms with Crippen molar-refractivity contribution >= 4 is 21.7 Å². The van der Waals surface area contributed by atoms with Gasteiger partial charge in [-0.25, -0.2) is 0 Å². The van der Waals surface area contributed by atoms with Gasteiger partial charge < -0.3 is 0 Å². The van der Waals surface area contributed by atoms with Crippen LogP contribution in [0.2, 0.25) is 0 Å². The summed E-state index contributed by atoms with van der Waals surface area (Å²) in [5.41, 5.74) is 1.51. The summed E-state index contributed by atoms with van der Waals surface area (Å²) in [6.45, 7) is 7.25. The maximum atomic E-state index is 11.8. The molecule has 2 heteroatoms. The van der Waals surface area contributed by atoms with Crippen molar-refractivity contribution in [1.29, 1.82) is 0 Å². The number of benzene rings is 1. The lowest BCUT2D eigenvalue weighted by Crippen LogP contribution is -1.93. The number of hydrogen-bond donors (Lipinski definition) is 0. The second kappa shape index (κ2) is 6.81. The molecule has 0 heterocycles. The maximum absolute atomic E-state index is 11.8. The molecule has 17 heavy (non-hydrogen) atoms. The highest BCUT2D eigenvalue weighted by atomic mass is 79.9. The van der Waals surface area contributed by atoms with Crippen LogP contribution in [0.15, 0.2) is 77.8 Å². The maximum Gasteiger partial charge on any atom is 0.185 e. The van der Waals surface area contributed by atoms with Gasteiger partial charge in [-0.05, 0) is 35.9 Å². The molecule has 0 unspecified atom stereocenters. The van der Waals surface area contributed by atoms with Gasteiger partial charge in [0.25, 0.3) is 0 Å². The molecule has 0 aliphatic rings. The SMILES string of the molecule is C=C/C=C(C=C)/C=C/C(=O)c1ccc(Br)cc1. The van der Waals surface area contributed by atoms with Gasteiger partial charge in [0.2, 0.25) is 0 Å². The van der Waals surface area contributed by atoms with Gasteiger partial charge in [0.15, 0.2) is 5.78 Å². The molecular formula is C15H13BrO. The highest BCUT2D eigenvalue weighted by Gasteiger charge is 2.00. The molecule has 0 aromatic heterocycles. The molecule has 0 N–H and O–H groups in total. The van der Waals surface area contributed by atoms with Crippen LogP contribution in [0.5, 0.6) is 0 Å². The summed E-state index contributed by atoms with van der Waals surface area (Å²) in [6.07, 6.45) is 8.37. The molecule has 1 aromatic carbocycles. The van der Waals surface area contributed by atoms with E-state index in [4.69, 9.17) is 0 Å². The number of ketones is 1. The van der Waals surface area contributed by atoms with Gasteiger partial charge >= 0.3 is 0 Å². The first-order valence-corrected chi connectivity index (χ1v) is 5.90. The van der Waals surface area contributed by atoms with Crippen LogP contribution in [0.4, 0.5) is 0 Å². The average molecular weight is 289 g/mol. The molecule has 1 nitrogen and oxygen atoms in total. The number of allylic oxidation sites excluding steroid dienone is 6.